The lowest BCUT2D eigenvalue weighted by Crippen LogP contribution is -2.43. The van der Waals surface area contributed by atoms with Gasteiger partial charge < -0.3 is 14.0 Å². The largest absolute Gasteiger partial charge is 0.468 e. The van der Waals surface area contributed by atoms with E-state index in [-0.39, 0.29) is 18.8 Å². The predicted octanol–water partition coefficient (Wildman–Crippen LogP) is 3.73. The normalized spacial score (nSPS) is 18.4. The zero-order valence-corrected chi connectivity index (χ0v) is 22.7. The zero-order valence-electron chi connectivity index (χ0n) is 20.3. The van der Waals surface area contributed by atoms with Crippen molar-refractivity contribution in [3.8, 4) is 18.6 Å². The molecule has 13 heteroatoms. The molecule has 2 N–H and O–H groups in total. The standard InChI is InChI=1S/C21H27BrN3O8P.C2H2/c1-14(2)11-25(21(28)23-13-26)19-10-9-18(32-19)12-31-34(29,24-15(3)20(27)30-4)33-17-7-5-16(22)6-8-17;1-2/h5-11,13,15,18-19H,12H2,1-4H3,(H,24,29)(H,23,26,28);1-2H. The minimum absolute atomic E-state index is 0.223. The number of allylic oxidation sites excluding steroid dienone is 1. The monoisotopic (exact) mass is 585 g/mol. The Morgan fingerprint density at radius 3 is 2.44 bits per heavy atom. The number of hydrogen-bond donors (Lipinski definition) is 2. The highest BCUT2D eigenvalue weighted by Gasteiger charge is 2.35. The third-order valence-electron chi connectivity index (χ3n) is 4.25. The molecule has 196 valence electrons. The van der Waals surface area contributed by atoms with Crippen molar-refractivity contribution in [1.29, 1.82) is 0 Å². The van der Waals surface area contributed by atoms with Gasteiger partial charge in [-0.15, -0.1) is 12.8 Å². The van der Waals surface area contributed by atoms with Crippen LogP contribution in [0.5, 0.6) is 5.75 Å². The van der Waals surface area contributed by atoms with Gasteiger partial charge in [0.15, 0.2) is 6.23 Å². The molecule has 36 heavy (non-hydrogen) atoms. The smallest absolute Gasteiger partial charge is 0.459 e. The van der Waals surface area contributed by atoms with E-state index >= 15 is 0 Å². The third-order valence-corrected chi connectivity index (χ3v) is 6.42. The van der Waals surface area contributed by atoms with Gasteiger partial charge in [0.2, 0.25) is 6.41 Å². The highest BCUT2D eigenvalue weighted by atomic mass is 79.9. The number of halogens is 1. The first-order chi connectivity index (χ1) is 17.1. The van der Waals surface area contributed by atoms with Crippen LogP contribution in [0.1, 0.15) is 20.8 Å². The van der Waals surface area contributed by atoms with E-state index in [1.807, 2.05) is 0 Å². The summed E-state index contributed by atoms with van der Waals surface area (Å²) in [6, 6.07) is 4.88. The summed E-state index contributed by atoms with van der Waals surface area (Å²) in [7, 11) is -2.85. The maximum atomic E-state index is 13.4. The number of esters is 1. The highest BCUT2D eigenvalue weighted by molar-refractivity contribution is 9.10. The fourth-order valence-electron chi connectivity index (χ4n) is 2.76. The van der Waals surface area contributed by atoms with Gasteiger partial charge in [-0.25, -0.2) is 9.36 Å². The van der Waals surface area contributed by atoms with E-state index in [9.17, 15) is 18.9 Å². The molecule has 1 heterocycles. The highest BCUT2D eigenvalue weighted by Crippen LogP contribution is 2.45. The zero-order chi connectivity index (χ0) is 27.3. The van der Waals surface area contributed by atoms with E-state index in [2.05, 4.69) is 43.9 Å². The molecule has 0 radical (unpaired) electrons. The lowest BCUT2D eigenvalue weighted by molar-refractivity contribution is -0.142. The quantitative estimate of drug-likeness (QED) is 0.131. The van der Waals surface area contributed by atoms with Crippen LogP contribution < -0.4 is 14.9 Å². The molecule has 1 aromatic rings. The number of nitrogens with one attached hydrogen (secondary N) is 2. The van der Waals surface area contributed by atoms with Crippen LogP contribution in [-0.4, -0.2) is 55.4 Å². The topological polar surface area (TPSA) is 132 Å². The van der Waals surface area contributed by atoms with Gasteiger partial charge in [-0.3, -0.25) is 24.3 Å². The lowest BCUT2D eigenvalue weighted by Gasteiger charge is -2.26. The fourth-order valence-corrected chi connectivity index (χ4v) is 4.52. The molecular formula is C23H29BrN3O8P. The first kappa shape index (κ1) is 31.1. The SMILES string of the molecule is C#C.COC(=O)C(C)NP(=O)(OCC1C=CC(N(C=C(C)C)C(=O)NC=O)O1)Oc1ccc(Br)cc1. The summed E-state index contributed by atoms with van der Waals surface area (Å²) in [5.74, 6) is -0.406. The minimum atomic E-state index is -4.06. The molecule has 4 unspecified atom stereocenters. The van der Waals surface area contributed by atoms with E-state index in [0.29, 0.717) is 0 Å². The summed E-state index contributed by atoms with van der Waals surface area (Å²) >= 11 is 3.31. The molecule has 4 atom stereocenters. The van der Waals surface area contributed by atoms with Crippen LogP contribution in [0.25, 0.3) is 0 Å². The van der Waals surface area contributed by atoms with Crippen LogP contribution in [0, 0.1) is 12.8 Å². The average Bonchev–Trinajstić information content (AvgIpc) is 3.32. The number of carbonyl (C=O) groups is 3. The van der Waals surface area contributed by atoms with Crippen molar-refractivity contribution in [3.63, 3.8) is 0 Å². The minimum Gasteiger partial charge on any atom is -0.468 e. The summed E-state index contributed by atoms with van der Waals surface area (Å²) < 4.78 is 35.8. The van der Waals surface area contributed by atoms with Crippen molar-refractivity contribution in [2.24, 2.45) is 0 Å². The number of carbonyl (C=O) groups excluding carboxylic acids is 3. The van der Waals surface area contributed by atoms with Gasteiger partial charge in [0.1, 0.15) is 17.9 Å². The molecule has 0 bridgehead atoms. The number of urea groups is 1. The van der Waals surface area contributed by atoms with Crippen molar-refractivity contribution in [1.82, 2.24) is 15.3 Å². The summed E-state index contributed by atoms with van der Waals surface area (Å²) in [5, 5.41) is 4.61. The molecule has 0 aliphatic carbocycles. The molecule has 11 nitrogen and oxygen atoms in total. The maximum absolute atomic E-state index is 13.4. The fraction of sp³-hybridized carbons (Fsp3) is 0.348. The Morgan fingerprint density at radius 2 is 1.89 bits per heavy atom. The second-order valence-electron chi connectivity index (χ2n) is 7.34. The Labute approximate surface area is 218 Å². The van der Waals surface area contributed by atoms with Gasteiger partial charge in [0.25, 0.3) is 0 Å². The first-order valence-corrected chi connectivity index (χ1v) is 12.8. The molecule has 1 aromatic carbocycles. The predicted molar refractivity (Wildman–Crippen MR) is 136 cm³/mol. The van der Waals surface area contributed by atoms with Crippen molar-refractivity contribution >= 4 is 42.1 Å². The van der Waals surface area contributed by atoms with Crippen molar-refractivity contribution in [2.45, 2.75) is 39.1 Å². The van der Waals surface area contributed by atoms with Gasteiger partial charge in [-0.1, -0.05) is 27.6 Å². The second-order valence-corrected chi connectivity index (χ2v) is 9.95. The van der Waals surface area contributed by atoms with Crippen molar-refractivity contribution in [2.75, 3.05) is 13.7 Å². The molecule has 0 aromatic heterocycles. The van der Waals surface area contributed by atoms with E-state index in [1.54, 1.807) is 50.3 Å². The molecule has 0 fully saturated rings. The molecule has 1 aliphatic heterocycles. The number of rotatable bonds is 11. The Hall–Kier alpha value is -2.94. The van der Waals surface area contributed by atoms with Gasteiger partial charge in [0.05, 0.1) is 13.7 Å². The molecular weight excluding hydrogens is 557 g/mol. The first-order valence-electron chi connectivity index (χ1n) is 10.5. The van der Waals surface area contributed by atoms with Crippen LogP contribution in [0.2, 0.25) is 0 Å². The Kier molecular flexibility index (Phi) is 13.2. The summed E-state index contributed by atoms with van der Waals surface area (Å²) in [5.41, 5.74) is 0.797. The number of terminal acetylenes is 1. The molecule has 0 saturated carbocycles. The number of ether oxygens (including phenoxy) is 2. The Balaban J connectivity index is 0.00000316. The average molecular weight is 586 g/mol. The Bertz CT molecular complexity index is 1020. The number of methoxy groups -OCH3 is 1. The van der Waals surface area contributed by atoms with E-state index in [1.165, 1.54) is 25.1 Å². The van der Waals surface area contributed by atoms with Crippen molar-refractivity contribution in [3.05, 3.63) is 52.7 Å². The van der Waals surface area contributed by atoms with Gasteiger partial charge in [-0.05, 0) is 51.1 Å². The molecule has 0 saturated heterocycles. The second kappa shape index (κ2) is 15.2. The van der Waals surface area contributed by atoms with Gasteiger partial charge >= 0.3 is 19.7 Å². The van der Waals surface area contributed by atoms with Crippen molar-refractivity contribution < 1.29 is 37.5 Å². The van der Waals surface area contributed by atoms with E-state index in [0.717, 1.165) is 10.0 Å². The number of imide groups is 1. The molecule has 2 rings (SSSR count). The van der Waals surface area contributed by atoms with Gasteiger partial charge in [0, 0.05) is 10.7 Å². The number of benzene rings is 1. The Morgan fingerprint density at radius 1 is 1.25 bits per heavy atom. The number of hydrogen-bond acceptors (Lipinski definition) is 8. The van der Waals surface area contributed by atoms with E-state index in [4.69, 9.17) is 13.8 Å². The number of nitrogens with zero attached hydrogens (tertiary/aromatic N) is 1. The molecule has 0 spiro atoms. The number of amides is 3. The van der Waals surface area contributed by atoms with Gasteiger partial charge in [-0.2, -0.15) is 5.09 Å². The van der Waals surface area contributed by atoms with E-state index < -0.39 is 38.1 Å². The summed E-state index contributed by atoms with van der Waals surface area (Å²) in [6.07, 6.45) is 11.5. The maximum Gasteiger partial charge on any atom is 0.459 e. The molecule has 3 amide bonds. The third kappa shape index (κ3) is 9.97. The summed E-state index contributed by atoms with van der Waals surface area (Å²) in [6.45, 7) is 4.80. The summed E-state index contributed by atoms with van der Waals surface area (Å²) in [4.78, 5) is 35.9. The van der Waals surface area contributed by atoms with Crippen LogP contribution >= 0.6 is 23.7 Å². The van der Waals surface area contributed by atoms with Crippen LogP contribution in [-0.2, 0) is 28.2 Å². The van der Waals surface area contributed by atoms with Crippen LogP contribution in [0.4, 0.5) is 4.79 Å². The van der Waals surface area contributed by atoms with Crippen LogP contribution in [0.3, 0.4) is 0 Å². The lowest BCUT2D eigenvalue weighted by atomic mass is 10.3. The van der Waals surface area contributed by atoms with Crippen LogP contribution in [0.15, 0.2) is 52.7 Å². The molecule has 1 aliphatic rings.